The lowest BCUT2D eigenvalue weighted by molar-refractivity contribution is -0.133. The van der Waals surface area contributed by atoms with Crippen molar-refractivity contribution in [2.45, 2.75) is 72.4 Å². The minimum Gasteiger partial charge on any atom is -0.493 e. The topological polar surface area (TPSA) is 84.2 Å². The number of urea groups is 1. The Bertz CT molecular complexity index is 1260. The monoisotopic (exact) mass is 563 g/mol. The third-order valence-electron chi connectivity index (χ3n) is 7.19. The van der Waals surface area contributed by atoms with Gasteiger partial charge in [-0.25, -0.2) is 4.79 Å². The number of hydrogen-bond donors (Lipinski definition) is 1. The van der Waals surface area contributed by atoms with Crippen LogP contribution in [-0.2, 0) is 17.8 Å². The van der Waals surface area contributed by atoms with Gasteiger partial charge < -0.3 is 29.0 Å². The smallest absolute Gasteiger partial charge is 0.322 e. The second-order valence-corrected chi connectivity index (χ2v) is 11.1. The highest BCUT2D eigenvalue weighted by atomic mass is 16.5. The van der Waals surface area contributed by atoms with E-state index in [9.17, 15) is 9.59 Å². The summed E-state index contributed by atoms with van der Waals surface area (Å²) >= 11 is 0. The van der Waals surface area contributed by atoms with Gasteiger partial charge in [-0.2, -0.15) is 0 Å². The fraction of sp³-hybridized carbons (Fsp3) is 0.455. The number of carbonyl (C=O) groups is 2. The van der Waals surface area contributed by atoms with Crippen LogP contribution in [0, 0.1) is 0 Å². The average Bonchev–Trinajstić information content (AvgIpc) is 3.46. The van der Waals surface area contributed by atoms with Gasteiger partial charge in [0.2, 0.25) is 5.91 Å². The van der Waals surface area contributed by atoms with Gasteiger partial charge in [-0.3, -0.25) is 4.79 Å². The van der Waals surface area contributed by atoms with E-state index in [0.717, 1.165) is 22.4 Å². The fourth-order valence-electron chi connectivity index (χ4n) is 4.79. The van der Waals surface area contributed by atoms with E-state index in [-0.39, 0.29) is 36.4 Å². The van der Waals surface area contributed by atoms with Crippen LogP contribution in [0.1, 0.15) is 75.8 Å². The number of rotatable bonds is 13. The molecule has 8 heteroatoms. The Morgan fingerprint density at radius 2 is 1.54 bits per heavy atom. The van der Waals surface area contributed by atoms with E-state index < -0.39 is 0 Å². The quantitative estimate of drug-likeness (QED) is 0.241. The molecule has 0 aliphatic heterocycles. The summed E-state index contributed by atoms with van der Waals surface area (Å²) < 4.78 is 16.4. The third-order valence-corrected chi connectivity index (χ3v) is 7.19. The molecule has 8 nitrogen and oxygen atoms in total. The Morgan fingerprint density at radius 3 is 2.07 bits per heavy atom. The maximum absolute atomic E-state index is 13.8. The average molecular weight is 564 g/mol. The molecule has 0 saturated carbocycles. The molecular weight excluding hydrogens is 518 g/mol. The van der Waals surface area contributed by atoms with Crippen molar-refractivity contribution in [1.82, 2.24) is 9.80 Å². The summed E-state index contributed by atoms with van der Waals surface area (Å²) in [5.74, 6) is 2.28. The van der Waals surface area contributed by atoms with Crippen LogP contribution in [0.5, 0.6) is 11.5 Å². The first-order chi connectivity index (χ1) is 19.5. The van der Waals surface area contributed by atoms with Gasteiger partial charge in [0.15, 0.2) is 11.5 Å². The van der Waals surface area contributed by atoms with Crippen molar-refractivity contribution in [1.29, 1.82) is 0 Å². The standard InChI is InChI=1S/C33H45N3O5/c1-22(2)27-12-9-13-28(23(3)4)32(27)34-33(38)36(24(5)6)21-31(37)35(20-26-11-10-18-41-26)17-16-25-14-15-29(39-7)30(19-25)40-8/h9-15,18-19,22-24H,16-17,20-21H2,1-8H3,(H,34,38). The van der Waals surface area contributed by atoms with Crippen molar-refractivity contribution in [2.24, 2.45) is 0 Å². The van der Waals surface area contributed by atoms with Crippen LogP contribution < -0.4 is 14.8 Å². The lowest BCUT2D eigenvalue weighted by Gasteiger charge is -2.31. The van der Waals surface area contributed by atoms with Crippen LogP contribution in [0.3, 0.4) is 0 Å². The SMILES string of the molecule is COc1ccc(CCN(Cc2ccco2)C(=O)CN(C(=O)Nc2c(C(C)C)cccc2C(C)C)C(C)C)cc1OC. The van der Waals surface area contributed by atoms with Crippen molar-refractivity contribution in [3.05, 3.63) is 77.2 Å². The molecule has 1 aromatic heterocycles. The Labute approximate surface area is 244 Å². The Hall–Kier alpha value is -3.94. The molecule has 3 amide bonds. The van der Waals surface area contributed by atoms with Gasteiger partial charge in [0.1, 0.15) is 12.3 Å². The van der Waals surface area contributed by atoms with Gasteiger partial charge in [0, 0.05) is 18.3 Å². The largest absolute Gasteiger partial charge is 0.493 e. The van der Waals surface area contributed by atoms with E-state index in [1.807, 2.05) is 44.2 Å². The second-order valence-electron chi connectivity index (χ2n) is 11.1. The zero-order valence-corrected chi connectivity index (χ0v) is 25.7. The molecule has 222 valence electrons. The predicted molar refractivity (Wildman–Crippen MR) is 163 cm³/mol. The van der Waals surface area contributed by atoms with Crippen LogP contribution in [0.15, 0.2) is 59.2 Å². The minimum atomic E-state index is -0.291. The fourth-order valence-corrected chi connectivity index (χ4v) is 4.79. The van der Waals surface area contributed by atoms with Gasteiger partial charge in [-0.05, 0) is 73.1 Å². The Morgan fingerprint density at radius 1 is 0.878 bits per heavy atom. The number of furan rings is 1. The zero-order chi connectivity index (χ0) is 30.1. The maximum Gasteiger partial charge on any atom is 0.322 e. The number of nitrogens with one attached hydrogen (secondary N) is 1. The Balaban J connectivity index is 1.81. The van der Waals surface area contributed by atoms with Gasteiger partial charge >= 0.3 is 6.03 Å². The number of ether oxygens (including phenoxy) is 2. The van der Waals surface area contributed by atoms with Gasteiger partial charge in [0.25, 0.3) is 0 Å². The number of methoxy groups -OCH3 is 2. The lowest BCUT2D eigenvalue weighted by atomic mass is 9.93. The number of amides is 3. The highest BCUT2D eigenvalue weighted by molar-refractivity contribution is 5.94. The van der Waals surface area contributed by atoms with Crippen molar-refractivity contribution in [3.63, 3.8) is 0 Å². The number of benzene rings is 2. The highest BCUT2D eigenvalue weighted by Crippen LogP contribution is 2.33. The molecule has 0 bridgehead atoms. The second kappa shape index (κ2) is 14.6. The summed E-state index contributed by atoms with van der Waals surface area (Å²) in [6.07, 6.45) is 2.19. The van der Waals surface area contributed by atoms with E-state index >= 15 is 0 Å². The molecule has 0 spiro atoms. The van der Waals surface area contributed by atoms with Crippen molar-refractivity contribution in [2.75, 3.05) is 32.6 Å². The van der Waals surface area contributed by atoms with E-state index in [2.05, 4.69) is 45.1 Å². The predicted octanol–water partition coefficient (Wildman–Crippen LogP) is 7.06. The van der Waals surface area contributed by atoms with Crippen molar-refractivity contribution < 1.29 is 23.5 Å². The van der Waals surface area contributed by atoms with Crippen LogP contribution in [0.4, 0.5) is 10.5 Å². The van der Waals surface area contributed by atoms with Crippen LogP contribution in [-0.4, -0.2) is 55.1 Å². The molecule has 0 aliphatic rings. The summed E-state index contributed by atoms with van der Waals surface area (Å²) in [4.78, 5) is 30.8. The number of hydrogen-bond acceptors (Lipinski definition) is 5. The first kappa shape index (κ1) is 31.6. The molecule has 0 radical (unpaired) electrons. The highest BCUT2D eigenvalue weighted by Gasteiger charge is 2.26. The first-order valence-electron chi connectivity index (χ1n) is 14.3. The molecule has 3 aromatic rings. The van der Waals surface area contributed by atoms with E-state index in [1.54, 1.807) is 36.3 Å². The Kier molecular flexibility index (Phi) is 11.3. The number of carbonyl (C=O) groups excluding carboxylic acids is 2. The van der Waals surface area contributed by atoms with Crippen LogP contribution in [0.25, 0.3) is 0 Å². The molecule has 0 aliphatic carbocycles. The van der Waals surface area contributed by atoms with E-state index in [4.69, 9.17) is 13.9 Å². The molecule has 41 heavy (non-hydrogen) atoms. The minimum absolute atomic E-state index is 0.0585. The molecule has 0 saturated heterocycles. The summed E-state index contributed by atoms with van der Waals surface area (Å²) in [6.45, 7) is 13.0. The summed E-state index contributed by atoms with van der Waals surface area (Å²) in [5.41, 5.74) is 3.99. The van der Waals surface area contributed by atoms with Gasteiger partial charge in [-0.1, -0.05) is 52.0 Å². The van der Waals surface area contributed by atoms with Crippen LogP contribution in [0.2, 0.25) is 0 Å². The molecule has 3 rings (SSSR count). The molecule has 1 N–H and O–H groups in total. The zero-order valence-electron chi connectivity index (χ0n) is 25.7. The van der Waals surface area contributed by atoms with Crippen molar-refractivity contribution in [3.8, 4) is 11.5 Å². The van der Waals surface area contributed by atoms with Crippen LogP contribution >= 0.6 is 0 Å². The van der Waals surface area contributed by atoms with Crippen molar-refractivity contribution >= 4 is 17.6 Å². The lowest BCUT2D eigenvalue weighted by Crippen LogP contribution is -2.47. The molecule has 2 aromatic carbocycles. The van der Waals surface area contributed by atoms with Gasteiger partial charge in [0.05, 0.1) is 27.0 Å². The molecular formula is C33H45N3O5. The van der Waals surface area contributed by atoms with Gasteiger partial charge in [-0.15, -0.1) is 0 Å². The summed E-state index contributed by atoms with van der Waals surface area (Å²) in [7, 11) is 3.20. The third kappa shape index (κ3) is 8.28. The normalized spacial score (nSPS) is 11.2. The van der Waals surface area contributed by atoms with E-state index in [0.29, 0.717) is 36.8 Å². The first-order valence-corrected chi connectivity index (χ1v) is 14.3. The molecule has 0 unspecified atom stereocenters. The number of para-hydroxylation sites is 1. The summed E-state index contributed by atoms with van der Waals surface area (Å²) in [6, 6.07) is 15.0. The maximum atomic E-state index is 13.8. The summed E-state index contributed by atoms with van der Waals surface area (Å²) in [5, 5.41) is 3.17. The van der Waals surface area contributed by atoms with E-state index in [1.165, 1.54) is 0 Å². The number of anilines is 1. The molecule has 1 heterocycles. The number of nitrogens with zero attached hydrogens (tertiary/aromatic N) is 2. The molecule has 0 fully saturated rings. The molecule has 0 atom stereocenters.